The highest BCUT2D eigenvalue weighted by atomic mass is 79.9. The van der Waals surface area contributed by atoms with E-state index in [4.69, 9.17) is 0 Å². The lowest BCUT2D eigenvalue weighted by Gasteiger charge is -2.32. The van der Waals surface area contributed by atoms with Gasteiger partial charge in [-0.15, -0.1) is 0 Å². The van der Waals surface area contributed by atoms with Crippen molar-refractivity contribution in [1.29, 1.82) is 0 Å². The van der Waals surface area contributed by atoms with E-state index in [0.717, 1.165) is 46.4 Å². The second-order valence-corrected chi connectivity index (χ2v) is 7.52. The minimum absolute atomic E-state index is 0.759. The molecule has 5 unspecified atom stereocenters. The van der Waals surface area contributed by atoms with E-state index in [-0.39, 0.29) is 0 Å². The average Bonchev–Trinajstić information content (AvgIpc) is 3.10. The van der Waals surface area contributed by atoms with E-state index >= 15 is 0 Å². The Morgan fingerprint density at radius 2 is 2.05 bits per heavy atom. The maximum atomic E-state index is 4.46. The van der Waals surface area contributed by atoms with Crippen LogP contribution in [0.25, 0.3) is 0 Å². The second kappa shape index (κ2) is 4.85. The number of aromatic nitrogens is 1. The highest BCUT2D eigenvalue weighted by Gasteiger charge is 2.53. The van der Waals surface area contributed by atoms with Gasteiger partial charge in [0.05, 0.1) is 5.69 Å². The summed E-state index contributed by atoms with van der Waals surface area (Å²) < 4.78 is 1.06. The molecule has 2 nitrogen and oxygen atoms in total. The molecule has 3 aliphatic carbocycles. The molecule has 3 heteroatoms. The van der Waals surface area contributed by atoms with Crippen LogP contribution < -0.4 is 5.32 Å². The summed E-state index contributed by atoms with van der Waals surface area (Å²) >= 11 is 3.44. The highest BCUT2D eigenvalue weighted by Crippen LogP contribution is 2.58. The van der Waals surface area contributed by atoms with Crippen LogP contribution in [0.2, 0.25) is 0 Å². The van der Waals surface area contributed by atoms with Crippen LogP contribution in [0, 0.1) is 23.7 Å². The molecule has 19 heavy (non-hydrogen) atoms. The first-order valence-electron chi connectivity index (χ1n) is 7.65. The van der Waals surface area contributed by atoms with Crippen LogP contribution in [0.1, 0.15) is 37.8 Å². The molecule has 3 aliphatic rings. The third-order valence-corrected chi connectivity index (χ3v) is 6.23. The van der Waals surface area contributed by atoms with E-state index in [1.54, 1.807) is 0 Å². The number of nitrogens with zero attached hydrogens (tertiary/aromatic N) is 1. The molecule has 1 heterocycles. The molecule has 0 spiro atoms. The highest BCUT2D eigenvalue weighted by molar-refractivity contribution is 9.10. The van der Waals surface area contributed by atoms with Crippen LogP contribution in [0.4, 0.5) is 0 Å². The van der Waals surface area contributed by atoms with Gasteiger partial charge in [-0.2, -0.15) is 0 Å². The normalized spacial score (nSPS) is 39.7. The standard InChI is InChI=1S/C16H21BrN2/c17-11-4-5-12(18-8-11)9-19-16-7-10-6-15(16)14-3-1-2-13(10)14/h4-5,8,10,13-16,19H,1-3,6-7,9H2. The van der Waals surface area contributed by atoms with Gasteiger partial charge >= 0.3 is 0 Å². The van der Waals surface area contributed by atoms with Crippen LogP contribution in [-0.4, -0.2) is 11.0 Å². The molecule has 0 aliphatic heterocycles. The molecule has 0 amide bonds. The number of hydrogen-bond acceptors (Lipinski definition) is 2. The molecule has 102 valence electrons. The molecule has 0 aromatic carbocycles. The zero-order chi connectivity index (χ0) is 12.8. The summed E-state index contributed by atoms with van der Waals surface area (Å²) in [6.07, 6.45) is 9.32. The molecule has 1 aromatic rings. The Labute approximate surface area is 123 Å². The Morgan fingerprint density at radius 3 is 2.89 bits per heavy atom. The van der Waals surface area contributed by atoms with E-state index in [1.807, 2.05) is 6.20 Å². The molecule has 1 aromatic heterocycles. The summed E-state index contributed by atoms with van der Waals surface area (Å²) in [5.41, 5.74) is 1.16. The van der Waals surface area contributed by atoms with Gasteiger partial charge in [0.2, 0.25) is 0 Å². The van der Waals surface area contributed by atoms with Crippen molar-refractivity contribution in [2.75, 3.05) is 0 Å². The Bertz CT molecular complexity index is 458. The number of halogens is 1. The molecule has 0 radical (unpaired) electrons. The van der Waals surface area contributed by atoms with Crippen molar-refractivity contribution in [3.8, 4) is 0 Å². The number of fused-ring (bicyclic) bond motifs is 5. The molecule has 3 fully saturated rings. The predicted molar refractivity (Wildman–Crippen MR) is 79.6 cm³/mol. The Morgan fingerprint density at radius 1 is 1.16 bits per heavy atom. The summed E-state index contributed by atoms with van der Waals surface area (Å²) in [6, 6.07) is 4.95. The van der Waals surface area contributed by atoms with Gasteiger partial charge in [-0.25, -0.2) is 0 Å². The Hall–Kier alpha value is -0.410. The first-order chi connectivity index (χ1) is 9.31. The van der Waals surface area contributed by atoms with Crippen molar-refractivity contribution in [2.45, 2.75) is 44.7 Å². The van der Waals surface area contributed by atoms with Crippen LogP contribution in [0.5, 0.6) is 0 Å². The zero-order valence-corrected chi connectivity index (χ0v) is 12.8. The van der Waals surface area contributed by atoms with E-state index in [2.05, 4.69) is 38.4 Å². The van der Waals surface area contributed by atoms with Gasteiger partial charge in [0.25, 0.3) is 0 Å². The fourth-order valence-electron chi connectivity index (χ4n) is 5.05. The molecular weight excluding hydrogens is 300 g/mol. The number of nitrogens with one attached hydrogen (secondary N) is 1. The lowest BCUT2D eigenvalue weighted by molar-refractivity contribution is 0.207. The van der Waals surface area contributed by atoms with Crippen LogP contribution >= 0.6 is 15.9 Å². The first kappa shape index (κ1) is 12.3. The summed E-state index contributed by atoms with van der Waals surface area (Å²) in [6.45, 7) is 0.929. The van der Waals surface area contributed by atoms with E-state index in [9.17, 15) is 0 Å². The van der Waals surface area contributed by atoms with E-state index in [1.165, 1.54) is 32.1 Å². The smallest absolute Gasteiger partial charge is 0.0542 e. The fraction of sp³-hybridized carbons (Fsp3) is 0.688. The lowest BCUT2D eigenvalue weighted by Crippen LogP contribution is -2.39. The van der Waals surface area contributed by atoms with Gasteiger partial charge in [0.15, 0.2) is 0 Å². The van der Waals surface area contributed by atoms with E-state index in [0.29, 0.717) is 0 Å². The number of pyridine rings is 1. The van der Waals surface area contributed by atoms with Crippen molar-refractivity contribution in [1.82, 2.24) is 10.3 Å². The zero-order valence-electron chi connectivity index (χ0n) is 11.2. The van der Waals surface area contributed by atoms with Gasteiger partial charge < -0.3 is 5.32 Å². The number of rotatable bonds is 3. The molecule has 1 N–H and O–H groups in total. The summed E-state index contributed by atoms with van der Waals surface area (Å²) in [7, 11) is 0. The van der Waals surface area contributed by atoms with Crippen molar-refractivity contribution < 1.29 is 0 Å². The minimum atomic E-state index is 0.759. The molecular formula is C16H21BrN2. The predicted octanol–water partition coefficient (Wildman–Crippen LogP) is 3.76. The van der Waals surface area contributed by atoms with Crippen molar-refractivity contribution in [3.05, 3.63) is 28.5 Å². The molecule has 2 bridgehead atoms. The van der Waals surface area contributed by atoms with Crippen molar-refractivity contribution in [2.24, 2.45) is 23.7 Å². The largest absolute Gasteiger partial charge is 0.308 e. The van der Waals surface area contributed by atoms with Gasteiger partial charge in [-0.1, -0.05) is 6.42 Å². The Balaban J connectivity index is 1.38. The average molecular weight is 321 g/mol. The van der Waals surface area contributed by atoms with Crippen LogP contribution in [-0.2, 0) is 6.54 Å². The SMILES string of the molecule is Brc1ccc(CNC2CC3CC2C2CCCC32)nc1. The number of hydrogen-bond donors (Lipinski definition) is 1. The van der Waals surface area contributed by atoms with E-state index < -0.39 is 0 Å². The molecule has 0 saturated heterocycles. The van der Waals surface area contributed by atoms with Crippen LogP contribution in [0.15, 0.2) is 22.8 Å². The Kier molecular flexibility index (Phi) is 3.15. The summed E-state index contributed by atoms with van der Waals surface area (Å²) in [4.78, 5) is 4.46. The maximum Gasteiger partial charge on any atom is 0.0542 e. The summed E-state index contributed by atoms with van der Waals surface area (Å²) in [5, 5.41) is 3.78. The topological polar surface area (TPSA) is 24.9 Å². The molecule has 4 rings (SSSR count). The quantitative estimate of drug-likeness (QED) is 0.917. The molecule has 5 atom stereocenters. The summed E-state index contributed by atoms with van der Waals surface area (Å²) in [5.74, 6) is 4.14. The van der Waals surface area contributed by atoms with Crippen molar-refractivity contribution in [3.63, 3.8) is 0 Å². The van der Waals surface area contributed by atoms with Gasteiger partial charge in [0, 0.05) is 23.3 Å². The van der Waals surface area contributed by atoms with Crippen LogP contribution in [0.3, 0.4) is 0 Å². The third-order valence-electron chi connectivity index (χ3n) is 5.76. The first-order valence-corrected chi connectivity index (χ1v) is 8.44. The van der Waals surface area contributed by atoms with Crippen molar-refractivity contribution >= 4 is 15.9 Å². The monoisotopic (exact) mass is 320 g/mol. The van der Waals surface area contributed by atoms with Gasteiger partial charge in [0.1, 0.15) is 0 Å². The second-order valence-electron chi connectivity index (χ2n) is 6.61. The maximum absolute atomic E-state index is 4.46. The minimum Gasteiger partial charge on any atom is -0.308 e. The molecule has 3 saturated carbocycles. The van der Waals surface area contributed by atoms with Gasteiger partial charge in [-0.05, 0) is 77.4 Å². The lowest BCUT2D eigenvalue weighted by atomic mass is 9.79. The fourth-order valence-corrected chi connectivity index (χ4v) is 5.28. The third kappa shape index (κ3) is 2.15. The van der Waals surface area contributed by atoms with Gasteiger partial charge in [-0.3, -0.25) is 4.98 Å².